The maximum Gasteiger partial charge on any atom is 0.264 e. The van der Waals surface area contributed by atoms with Gasteiger partial charge in [0.25, 0.3) is 5.91 Å². The van der Waals surface area contributed by atoms with E-state index in [2.05, 4.69) is 13.8 Å². The van der Waals surface area contributed by atoms with E-state index in [-0.39, 0.29) is 5.56 Å². The Kier molecular flexibility index (Phi) is 5.05. The minimum absolute atomic E-state index is 0.250. The number of rotatable bonds is 5. The summed E-state index contributed by atoms with van der Waals surface area (Å²) in [6, 6.07) is 14.1. The normalized spacial score (nSPS) is 11.3. The van der Waals surface area contributed by atoms with E-state index >= 15 is 0 Å². The van der Waals surface area contributed by atoms with E-state index in [0.717, 1.165) is 17.6 Å². The summed E-state index contributed by atoms with van der Waals surface area (Å²) in [6.45, 7) is 4.17. The Morgan fingerprint density at radius 3 is 2.22 bits per heavy atom. The quantitative estimate of drug-likeness (QED) is 0.911. The Balaban J connectivity index is 2.17. The third-order valence-corrected chi connectivity index (χ3v) is 3.72. The fraction of sp³-hybridized carbons (Fsp3) is 0.235. The number of nitrogens with one attached hydrogen (secondary N) is 1. The molecule has 6 heteroatoms. The van der Waals surface area contributed by atoms with Crippen LogP contribution in [-0.2, 0) is 10.0 Å². The second kappa shape index (κ2) is 6.83. The number of para-hydroxylation sites is 1. The van der Waals surface area contributed by atoms with E-state index in [1.165, 1.54) is 12.1 Å². The molecule has 5 nitrogen and oxygen atoms in total. The second-order valence-corrected chi connectivity index (χ2v) is 7.27. The van der Waals surface area contributed by atoms with Gasteiger partial charge in [-0.25, -0.2) is 13.1 Å². The van der Waals surface area contributed by atoms with Crippen LogP contribution >= 0.6 is 0 Å². The second-order valence-electron chi connectivity index (χ2n) is 5.52. The van der Waals surface area contributed by atoms with Crippen LogP contribution in [-0.4, -0.2) is 20.6 Å². The molecule has 0 spiro atoms. The first-order valence-corrected chi connectivity index (χ1v) is 9.04. The van der Waals surface area contributed by atoms with Crippen LogP contribution in [0.15, 0.2) is 48.5 Å². The van der Waals surface area contributed by atoms with Crippen LogP contribution in [0.1, 0.15) is 35.7 Å². The molecule has 0 radical (unpaired) electrons. The Morgan fingerprint density at radius 2 is 1.65 bits per heavy atom. The number of ether oxygens (including phenoxy) is 1. The summed E-state index contributed by atoms with van der Waals surface area (Å²) in [4.78, 5) is 11.7. The van der Waals surface area contributed by atoms with E-state index in [0.29, 0.717) is 11.7 Å². The SMILES string of the molecule is CC(C)c1ccccc1Oc1ccc(C(=O)NS(C)(=O)=O)cc1. The van der Waals surface area contributed by atoms with Gasteiger partial charge in [0.15, 0.2) is 0 Å². The van der Waals surface area contributed by atoms with E-state index in [4.69, 9.17) is 4.74 Å². The van der Waals surface area contributed by atoms with E-state index < -0.39 is 15.9 Å². The summed E-state index contributed by atoms with van der Waals surface area (Å²) in [5.41, 5.74) is 1.34. The predicted octanol–water partition coefficient (Wildman–Crippen LogP) is 3.29. The van der Waals surface area contributed by atoms with Crippen molar-refractivity contribution >= 4 is 15.9 Å². The van der Waals surface area contributed by atoms with Crippen molar-refractivity contribution in [1.29, 1.82) is 0 Å². The number of benzene rings is 2. The van der Waals surface area contributed by atoms with Gasteiger partial charge in [0.1, 0.15) is 11.5 Å². The molecule has 0 saturated carbocycles. The first-order chi connectivity index (χ1) is 10.8. The molecule has 0 fully saturated rings. The highest BCUT2D eigenvalue weighted by molar-refractivity contribution is 7.89. The molecule has 2 rings (SSSR count). The molecule has 0 unspecified atom stereocenters. The lowest BCUT2D eigenvalue weighted by atomic mass is 10.0. The van der Waals surface area contributed by atoms with E-state index in [9.17, 15) is 13.2 Å². The molecule has 1 N–H and O–H groups in total. The third-order valence-electron chi connectivity index (χ3n) is 3.16. The lowest BCUT2D eigenvalue weighted by molar-refractivity contribution is 0.0981. The van der Waals surface area contributed by atoms with E-state index in [1.54, 1.807) is 12.1 Å². The molecule has 0 aliphatic carbocycles. The van der Waals surface area contributed by atoms with Crippen molar-refractivity contribution in [3.8, 4) is 11.5 Å². The fourth-order valence-electron chi connectivity index (χ4n) is 2.08. The summed E-state index contributed by atoms with van der Waals surface area (Å²) >= 11 is 0. The van der Waals surface area contributed by atoms with Gasteiger partial charge in [-0.1, -0.05) is 32.0 Å². The van der Waals surface area contributed by atoms with Crippen LogP contribution in [0.5, 0.6) is 11.5 Å². The van der Waals surface area contributed by atoms with Gasteiger partial charge < -0.3 is 4.74 Å². The zero-order chi connectivity index (χ0) is 17.0. The molecule has 0 aliphatic heterocycles. The summed E-state index contributed by atoms with van der Waals surface area (Å²) < 4.78 is 29.9. The van der Waals surface area contributed by atoms with Crippen molar-refractivity contribution in [2.24, 2.45) is 0 Å². The Hall–Kier alpha value is -2.34. The summed E-state index contributed by atoms with van der Waals surface area (Å²) in [5.74, 6) is 0.998. The highest BCUT2D eigenvalue weighted by atomic mass is 32.2. The molecular formula is C17H19NO4S. The number of sulfonamides is 1. The molecule has 0 bridgehead atoms. The molecule has 23 heavy (non-hydrogen) atoms. The maximum absolute atomic E-state index is 11.7. The fourth-order valence-corrected chi connectivity index (χ4v) is 2.53. The highest BCUT2D eigenvalue weighted by Gasteiger charge is 2.12. The average Bonchev–Trinajstić information content (AvgIpc) is 2.46. The molecule has 0 atom stereocenters. The minimum Gasteiger partial charge on any atom is -0.457 e. The maximum atomic E-state index is 11.7. The van der Waals surface area contributed by atoms with Crippen molar-refractivity contribution in [3.63, 3.8) is 0 Å². The van der Waals surface area contributed by atoms with Crippen molar-refractivity contribution in [3.05, 3.63) is 59.7 Å². The van der Waals surface area contributed by atoms with E-state index in [1.807, 2.05) is 29.0 Å². The Bertz CT molecular complexity index is 796. The molecule has 0 aliphatic rings. The predicted molar refractivity (Wildman–Crippen MR) is 89.4 cm³/mol. The van der Waals surface area contributed by atoms with Crippen molar-refractivity contribution in [2.75, 3.05) is 6.26 Å². The minimum atomic E-state index is -3.58. The van der Waals surface area contributed by atoms with Gasteiger partial charge >= 0.3 is 0 Å². The number of carbonyl (C=O) groups is 1. The van der Waals surface area contributed by atoms with Crippen molar-refractivity contribution in [2.45, 2.75) is 19.8 Å². The molecular weight excluding hydrogens is 314 g/mol. The van der Waals surface area contributed by atoms with Gasteiger partial charge in [-0.3, -0.25) is 4.79 Å². The molecule has 1 amide bonds. The summed E-state index contributed by atoms with van der Waals surface area (Å²) in [7, 11) is -3.58. The number of hydrogen-bond acceptors (Lipinski definition) is 4. The topological polar surface area (TPSA) is 72.5 Å². The molecule has 0 heterocycles. The van der Waals surface area contributed by atoms with Crippen LogP contribution in [0.2, 0.25) is 0 Å². The van der Waals surface area contributed by atoms with Gasteiger partial charge in [-0.15, -0.1) is 0 Å². The molecule has 2 aromatic rings. The van der Waals surface area contributed by atoms with Crippen molar-refractivity contribution < 1.29 is 17.9 Å². The van der Waals surface area contributed by atoms with Crippen LogP contribution in [0.4, 0.5) is 0 Å². The Morgan fingerprint density at radius 1 is 1.04 bits per heavy atom. The number of hydrogen-bond donors (Lipinski definition) is 1. The lowest BCUT2D eigenvalue weighted by Crippen LogP contribution is -2.29. The number of carbonyl (C=O) groups excluding carboxylic acids is 1. The summed E-state index contributed by atoms with van der Waals surface area (Å²) in [6.07, 6.45) is 0.936. The standard InChI is InChI=1S/C17H19NO4S/c1-12(2)15-6-4-5-7-16(15)22-14-10-8-13(9-11-14)17(19)18-23(3,20)21/h4-12H,1-3H3,(H,18,19). The zero-order valence-electron chi connectivity index (χ0n) is 13.2. The lowest BCUT2D eigenvalue weighted by Gasteiger charge is -2.13. The summed E-state index contributed by atoms with van der Waals surface area (Å²) in [5, 5.41) is 0. The molecule has 0 aromatic heterocycles. The number of amides is 1. The monoisotopic (exact) mass is 333 g/mol. The van der Waals surface area contributed by atoms with Gasteiger partial charge in [-0.05, 0) is 41.8 Å². The van der Waals surface area contributed by atoms with Gasteiger partial charge in [0.2, 0.25) is 10.0 Å². The van der Waals surface area contributed by atoms with Crippen LogP contribution < -0.4 is 9.46 Å². The van der Waals surface area contributed by atoms with Crippen LogP contribution in [0.25, 0.3) is 0 Å². The third kappa shape index (κ3) is 4.82. The average molecular weight is 333 g/mol. The highest BCUT2D eigenvalue weighted by Crippen LogP contribution is 2.30. The van der Waals surface area contributed by atoms with Crippen molar-refractivity contribution in [1.82, 2.24) is 4.72 Å². The first-order valence-electron chi connectivity index (χ1n) is 7.15. The zero-order valence-corrected chi connectivity index (χ0v) is 14.1. The molecule has 0 saturated heterocycles. The van der Waals surface area contributed by atoms with Crippen LogP contribution in [0.3, 0.4) is 0 Å². The van der Waals surface area contributed by atoms with Gasteiger partial charge in [-0.2, -0.15) is 0 Å². The molecule has 122 valence electrons. The van der Waals surface area contributed by atoms with Gasteiger partial charge in [0, 0.05) is 5.56 Å². The smallest absolute Gasteiger partial charge is 0.264 e. The molecule has 2 aromatic carbocycles. The Labute approximate surface area is 136 Å². The van der Waals surface area contributed by atoms with Gasteiger partial charge in [0.05, 0.1) is 6.26 Å². The largest absolute Gasteiger partial charge is 0.457 e. The first kappa shape index (κ1) is 17.0. The van der Waals surface area contributed by atoms with Crippen LogP contribution in [0, 0.1) is 0 Å².